The number of amides is 1. The van der Waals surface area contributed by atoms with E-state index in [0.29, 0.717) is 0 Å². The number of benzene rings is 2. The number of nitrogens with one attached hydrogen (secondary N) is 1. The largest absolute Gasteiger partial charge is 0.326 e. The molecule has 2 aliphatic carbocycles. The minimum Gasteiger partial charge on any atom is -0.326 e. The number of rotatable bonds is 2. The van der Waals surface area contributed by atoms with E-state index in [1.165, 1.54) is 28.7 Å². The Morgan fingerprint density at radius 1 is 1.00 bits per heavy atom. The average Bonchev–Trinajstić information content (AvgIpc) is 2.76. The molecule has 0 unspecified atom stereocenters. The molecule has 0 bridgehead atoms. The van der Waals surface area contributed by atoms with Crippen LogP contribution < -0.4 is 5.32 Å². The molecule has 20 heavy (non-hydrogen) atoms. The van der Waals surface area contributed by atoms with Crippen molar-refractivity contribution in [2.75, 3.05) is 5.32 Å². The van der Waals surface area contributed by atoms with Crippen molar-refractivity contribution >= 4 is 11.6 Å². The molecule has 1 amide bonds. The van der Waals surface area contributed by atoms with Gasteiger partial charge in [-0.1, -0.05) is 42.8 Å². The topological polar surface area (TPSA) is 29.1 Å². The van der Waals surface area contributed by atoms with Gasteiger partial charge < -0.3 is 5.32 Å². The lowest BCUT2D eigenvalue weighted by Crippen LogP contribution is -2.28. The van der Waals surface area contributed by atoms with Crippen LogP contribution in [0.15, 0.2) is 42.5 Å². The monoisotopic (exact) mass is 263 g/mol. The van der Waals surface area contributed by atoms with Gasteiger partial charge in [-0.25, -0.2) is 0 Å². The van der Waals surface area contributed by atoms with Gasteiger partial charge in [-0.05, 0) is 41.2 Å². The molecule has 0 aromatic heterocycles. The Hall–Kier alpha value is -2.09. The Morgan fingerprint density at radius 2 is 1.80 bits per heavy atom. The molecule has 0 atom stereocenters. The molecular weight excluding hydrogens is 246 g/mol. The predicted molar refractivity (Wildman–Crippen MR) is 80.7 cm³/mol. The minimum atomic E-state index is 0.195. The van der Waals surface area contributed by atoms with Crippen LogP contribution in [0, 0.1) is 5.92 Å². The summed E-state index contributed by atoms with van der Waals surface area (Å²) in [5.41, 5.74) is 6.19. The zero-order chi connectivity index (χ0) is 13.5. The van der Waals surface area contributed by atoms with Gasteiger partial charge in [0.15, 0.2) is 0 Å². The molecule has 2 heteroatoms. The van der Waals surface area contributed by atoms with Crippen molar-refractivity contribution in [3.05, 3.63) is 53.6 Å². The molecule has 0 aliphatic heterocycles. The van der Waals surface area contributed by atoms with E-state index in [2.05, 4.69) is 35.6 Å². The van der Waals surface area contributed by atoms with Crippen LogP contribution in [0.1, 0.15) is 30.4 Å². The number of anilines is 1. The van der Waals surface area contributed by atoms with E-state index < -0.39 is 0 Å². The molecule has 2 aromatic rings. The summed E-state index contributed by atoms with van der Waals surface area (Å²) in [4.78, 5) is 12.2. The van der Waals surface area contributed by atoms with Crippen molar-refractivity contribution in [2.24, 2.45) is 5.92 Å². The van der Waals surface area contributed by atoms with Crippen molar-refractivity contribution in [2.45, 2.75) is 25.7 Å². The highest BCUT2D eigenvalue weighted by Gasteiger charge is 2.27. The third-order valence-electron chi connectivity index (χ3n) is 4.58. The SMILES string of the molecule is O=C(Nc1cccc2c1Cc1ccccc1-2)C1CCC1. The standard InChI is InChI=1S/C18H17NO/c20-18(12-6-3-7-12)19-17-10-4-9-15-14-8-2-1-5-13(14)11-16(15)17/h1-2,4-5,8-10,12H,3,6-7,11H2,(H,19,20). The van der Waals surface area contributed by atoms with E-state index in [1.54, 1.807) is 0 Å². The van der Waals surface area contributed by atoms with E-state index in [-0.39, 0.29) is 11.8 Å². The second-order valence-electron chi connectivity index (χ2n) is 5.78. The normalized spacial score (nSPS) is 16.2. The first kappa shape index (κ1) is 11.7. The Balaban J connectivity index is 1.68. The minimum absolute atomic E-state index is 0.195. The van der Waals surface area contributed by atoms with Crippen molar-refractivity contribution in [1.29, 1.82) is 0 Å². The molecule has 0 heterocycles. The summed E-state index contributed by atoms with van der Waals surface area (Å²) < 4.78 is 0. The van der Waals surface area contributed by atoms with Gasteiger partial charge in [0, 0.05) is 18.0 Å². The van der Waals surface area contributed by atoms with Crippen LogP contribution in [-0.2, 0) is 11.2 Å². The lowest BCUT2D eigenvalue weighted by molar-refractivity contribution is -0.122. The number of hydrogen-bond acceptors (Lipinski definition) is 1. The first-order valence-corrected chi connectivity index (χ1v) is 7.34. The fourth-order valence-electron chi connectivity index (χ4n) is 3.18. The van der Waals surface area contributed by atoms with Crippen LogP contribution in [-0.4, -0.2) is 5.91 Å². The molecule has 4 rings (SSSR count). The molecule has 1 N–H and O–H groups in total. The number of carbonyl (C=O) groups excluding carboxylic acids is 1. The van der Waals surface area contributed by atoms with Crippen molar-refractivity contribution in [3.63, 3.8) is 0 Å². The van der Waals surface area contributed by atoms with Gasteiger partial charge in [-0.3, -0.25) is 4.79 Å². The van der Waals surface area contributed by atoms with Crippen LogP contribution in [0.4, 0.5) is 5.69 Å². The maximum atomic E-state index is 12.2. The summed E-state index contributed by atoms with van der Waals surface area (Å²) in [7, 11) is 0. The summed E-state index contributed by atoms with van der Waals surface area (Å²) in [6.07, 6.45) is 4.20. The maximum absolute atomic E-state index is 12.2. The Kier molecular flexibility index (Phi) is 2.62. The summed E-state index contributed by atoms with van der Waals surface area (Å²) in [5, 5.41) is 3.14. The molecule has 2 nitrogen and oxygen atoms in total. The predicted octanol–water partition coefficient (Wildman–Crippen LogP) is 4.00. The van der Waals surface area contributed by atoms with Gasteiger partial charge in [0.25, 0.3) is 0 Å². The summed E-state index contributed by atoms with van der Waals surface area (Å²) in [5.74, 6) is 0.426. The molecule has 100 valence electrons. The quantitative estimate of drug-likeness (QED) is 0.744. The highest BCUT2D eigenvalue weighted by molar-refractivity contribution is 5.96. The molecule has 2 aliphatic rings. The molecule has 0 spiro atoms. The molecule has 0 saturated heterocycles. The first-order valence-electron chi connectivity index (χ1n) is 7.34. The zero-order valence-corrected chi connectivity index (χ0v) is 11.4. The second kappa shape index (κ2) is 4.48. The Labute approximate surface area is 118 Å². The van der Waals surface area contributed by atoms with Gasteiger partial charge in [-0.2, -0.15) is 0 Å². The third-order valence-corrected chi connectivity index (χ3v) is 4.58. The van der Waals surface area contributed by atoms with Crippen LogP contribution in [0.3, 0.4) is 0 Å². The molecule has 1 saturated carbocycles. The fourth-order valence-corrected chi connectivity index (χ4v) is 3.18. The number of carbonyl (C=O) groups is 1. The van der Waals surface area contributed by atoms with E-state index in [0.717, 1.165) is 24.9 Å². The average molecular weight is 263 g/mol. The van der Waals surface area contributed by atoms with Gasteiger partial charge >= 0.3 is 0 Å². The molecular formula is C18H17NO. The van der Waals surface area contributed by atoms with Gasteiger partial charge in [-0.15, -0.1) is 0 Å². The lowest BCUT2D eigenvalue weighted by atomic mass is 9.84. The maximum Gasteiger partial charge on any atom is 0.227 e. The Bertz CT molecular complexity index is 686. The van der Waals surface area contributed by atoms with E-state index in [9.17, 15) is 4.79 Å². The van der Waals surface area contributed by atoms with Gasteiger partial charge in [0.1, 0.15) is 0 Å². The molecule has 1 fully saturated rings. The fraction of sp³-hybridized carbons (Fsp3) is 0.278. The van der Waals surface area contributed by atoms with Crippen LogP contribution in [0.2, 0.25) is 0 Å². The lowest BCUT2D eigenvalue weighted by Gasteiger charge is -2.24. The number of hydrogen-bond donors (Lipinski definition) is 1. The smallest absolute Gasteiger partial charge is 0.227 e. The summed E-state index contributed by atoms with van der Waals surface area (Å²) in [6.45, 7) is 0. The van der Waals surface area contributed by atoms with Gasteiger partial charge in [0.05, 0.1) is 0 Å². The third kappa shape index (κ3) is 1.75. The van der Waals surface area contributed by atoms with Crippen LogP contribution >= 0.6 is 0 Å². The Morgan fingerprint density at radius 3 is 2.60 bits per heavy atom. The first-order chi connectivity index (χ1) is 9.83. The van der Waals surface area contributed by atoms with E-state index in [4.69, 9.17) is 0 Å². The molecule has 0 radical (unpaired) electrons. The van der Waals surface area contributed by atoms with Crippen molar-refractivity contribution in [1.82, 2.24) is 0 Å². The summed E-state index contributed by atoms with van der Waals surface area (Å²) >= 11 is 0. The highest BCUT2D eigenvalue weighted by Crippen LogP contribution is 2.40. The van der Waals surface area contributed by atoms with Crippen molar-refractivity contribution in [3.8, 4) is 11.1 Å². The van der Waals surface area contributed by atoms with E-state index in [1.807, 2.05) is 12.1 Å². The van der Waals surface area contributed by atoms with Crippen molar-refractivity contribution < 1.29 is 4.79 Å². The van der Waals surface area contributed by atoms with Crippen LogP contribution in [0.5, 0.6) is 0 Å². The summed E-state index contributed by atoms with van der Waals surface area (Å²) in [6, 6.07) is 14.7. The van der Waals surface area contributed by atoms with E-state index >= 15 is 0 Å². The van der Waals surface area contributed by atoms with Crippen LogP contribution in [0.25, 0.3) is 11.1 Å². The zero-order valence-electron chi connectivity index (χ0n) is 11.4. The second-order valence-corrected chi connectivity index (χ2v) is 5.78. The molecule has 2 aromatic carbocycles. The highest BCUT2D eigenvalue weighted by atomic mass is 16.1. The van der Waals surface area contributed by atoms with Gasteiger partial charge in [0.2, 0.25) is 5.91 Å². The number of fused-ring (bicyclic) bond motifs is 3.